The van der Waals surface area contributed by atoms with E-state index in [0.29, 0.717) is 16.5 Å². The molecule has 1 heterocycles. The Morgan fingerprint density at radius 1 is 1.33 bits per heavy atom. The minimum absolute atomic E-state index is 0.234. The van der Waals surface area contributed by atoms with Crippen LogP contribution in [0, 0.1) is 5.41 Å². The third kappa shape index (κ3) is 0.932. The number of hydrogen-bond donors (Lipinski definition) is 0. The normalized spacial score (nSPS) is 35.6. The molecule has 1 aromatic heterocycles. The molecule has 2 heteroatoms. The van der Waals surface area contributed by atoms with Crippen LogP contribution in [0.5, 0.6) is 0 Å². The van der Waals surface area contributed by atoms with Crippen LogP contribution in [0.3, 0.4) is 0 Å². The zero-order valence-corrected chi connectivity index (χ0v) is 10.2. The second-order valence-corrected chi connectivity index (χ2v) is 6.10. The Balaban J connectivity index is 2.29. The van der Waals surface area contributed by atoms with E-state index < -0.39 is 0 Å². The lowest BCUT2D eigenvalue weighted by Crippen LogP contribution is -2.31. The van der Waals surface area contributed by atoms with Gasteiger partial charge < -0.3 is 0 Å². The number of rotatable bonds is 0. The fourth-order valence-corrected chi connectivity index (χ4v) is 3.79. The van der Waals surface area contributed by atoms with Crippen LogP contribution < -0.4 is 0 Å². The predicted octanol–water partition coefficient (Wildman–Crippen LogP) is 3.91. The molecule has 0 N–H and O–H groups in total. The summed E-state index contributed by atoms with van der Waals surface area (Å²) in [5, 5.41) is 0.637. The van der Waals surface area contributed by atoms with Crippen LogP contribution in [0.15, 0.2) is 12.1 Å². The molecule has 2 aliphatic carbocycles. The van der Waals surface area contributed by atoms with E-state index in [0.717, 1.165) is 0 Å². The van der Waals surface area contributed by atoms with Gasteiger partial charge in [-0.3, -0.25) is 0 Å². The van der Waals surface area contributed by atoms with E-state index in [9.17, 15) is 0 Å². The van der Waals surface area contributed by atoms with E-state index in [2.05, 4.69) is 31.8 Å². The van der Waals surface area contributed by atoms with Crippen LogP contribution in [-0.4, -0.2) is 4.98 Å². The van der Waals surface area contributed by atoms with Gasteiger partial charge in [0.25, 0.3) is 0 Å². The summed E-state index contributed by atoms with van der Waals surface area (Å²) >= 11 is 6.00. The van der Waals surface area contributed by atoms with Crippen LogP contribution in [0.2, 0.25) is 5.15 Å². The first-order valence-electron chi connectivity index (χ1n) is 5.64. The molecule has 80 valence electrons. The zero-order chi connectivity index (χ0) is 10.8. The average molecular weight is 222 g/mol. The average Bonchev–Trinajstić information content (AvgIpc) is 2.48. The first kappa shape index (κ1) is 9.65. The Morgan fingerprint density at radius 3 is 2.80 bits per heavy atom. The molecule has 1 nitrogen and oxygen atoms in total. The van der Waals surface area contributed by atoms with Gasteiger partial charge >= 0.3 is 0 Å². The van der Waals surface area contributed by atoms with E-state index in [1.54, 1.807) is 0 Å². The zero-order valence-electron chi connectivity index (χ0n) is 9.47. The molecule has 3 rings (SSSR count). The molecular formula is C13H16ClN. The summed E-state index contributed by atoms with van der Waals surface area (Å²) in [6.45, 7) is 7.10. The first-order chi connectivity index (χ1) is 6.97. The third-order valence-electron chi connectivity index (χ3n) is 5.02. The summed E-state index contributed by atoms with van der Waals surface area (Å²) < 4.78 is 0. The summed E-state index contributed by atoms with van der Waals surface area (Å²) in [6, 6.07) is 4.11. The smallest absolute Gasteiger partial charge is 0.129 e. The molecule has 0 aliphatic heterocycles. The number of halogens is 1. The lowest BCUT2D eigenvalue weighted by atomic mass is 9.70. The summed E-state index contributed by atoms with van der Waals surface area (Å²) in [5.41, 5.74) is 3.28. The fourth-order valence-electron chi connectivity index (χ4n) is 3.64. The maximum Gasteiger partial charge on any atom is 0.129 e. The van der Waals surface area contributed by atoms with Gasteiger partial charge in [0.2, 0.25) is 0 Å². The molecule has 0 aromatic carbocycles. The maximum atomic E-state index is 6.00. The van der Waals surface area contributed by atoms with Crippen molar-refractivity contribution in [2.75, 3.05) is 0 Å². The van der Waals surface area contributed by atoms with Gasteiger partial charge in [-0.15, -0.1) is 0 Å². The SMILES string of the molecule is CC12CCC(c3ccc(Cl)nc31)C2(C)C. The molecule has 0 saturated heterocycles. The number of nitrogens with zero attached hydrogens (tertiary/aromatic N) is 1. The van der Waals surface area contributed by atoms with Gasteiger partial charge in [-0.05, 0) is 35.8 Å². The highest BCUT2D eigenvalue weighted by Gasteiger charge is 2.60. The molecule has 0 spiro atoms. The monoisotopic (exact) mass is 221 g/mol. The van der Waals surface area contributed by atoms with Crippen molar-refractivity contribution in [2.45, 2.75) is 44.9 Å². The number of aromatic nitrogens is 1. The number of hydrogen-bond acceptors (Lipinski definition) is 1. The van der Waals surface area contributed by atoms with Crippen molar-refractivity contribution in [1.29, 1.82) is 0 Å². The summed E-state index contributed by atoms with van der Waals surface area (Å²) in [5.74, 6) is 0.683. The second-order valence-electron chi connectivity index (χ2n) is 5.72. The van der Waals surface area contributed by atoms with E-state index in [-0.39, 0.29) is 5.41 Å². The third-order valence-corrected chi connectivity index (χ3v) is 5.23. The fraction of sp³-hybridized carbons (Fsp3) is 0.615. The molecule has 2 atom stereocenters. The van der Waals surface area contributed by atoms with E-state index in [4.69, 9.17) is 11.6 Å². The standard InChI is InChI=1S/C13H16ClN/c1-12(2)9-6-7-13(12,3)11-8(9)4-5-10(14)15-11/h4-5,9H,6-7H2,1-3H3. The van der Waals surface area contributed by atoms with Gasteiger partial charge in [-0.2, -0.15) is 0 Å². The Hall–Kier alpha value is -0.560. The highest BCUT2D eigenvalue weighted by atomic mass is 35.5. The quantitative estimate of drug-likeness (QED) is 0.606. The van der Waals surface area contributed by atoms with Crippen LogP contribution in [-0.2, 0) is 5.41 Å². The Labute approximate surface area is 95.9 Å². The molecule has 1 fully saturated rings. The van der Waals surface area contributed by atoms with Gasteiger partial charge in [-0.1, -0.05) is 38.4 Å². The van der Waals surface area contributed by atoms with Crippen molar-refractivity contribution in [3.8, 4) is 0 Å². The summed E-state index contributed by atoms with van der Waals surface area (Å²) in [4.78, 5) is 4.57. The number of pyridine rings is 1. The van der Waals surface area contributed by atoms with E-state index in [1.807, 2.05) is 6.07 Å². The minimum atomic E-state index is 0.234. The van der Waals surface area contributed by atoms with Crippen molar-refractivity contribution in [2.24, 2.45) is 5.41 Å². The molecular weight excluding hydrogens is 206 g/mol. The van der Waals surface area contributed by atoms with Crippen LogP contribution in [0.4, 0.5) is 0 Å². The van der Waals surface area contributed by atoms with Gasteiger partial charge in [0.1, 0.15) is 5.15 Å². The lowest BCUT2D eigenvalue weighted by Gasteiger charge is -2.34. The van der Waals surface area contributed by atoms with Crippen LogP contribution >= 0.6 is 11.6 Å². The summed E-state index contributed by atoms with van der Waals surface area (Å²) in [7, 11) is 0. The highest BCUT2D eigenvalue weighted by Crippen LogP contribution is 2.67. The summed E-state index contributed by atoms with van der Waals surface area (Å²) in [6.07, 6.45) is 2.56. The van der Waals surface area contributed by atoms with Gasteiger partial charge in [-0.25, -0.2) is 4.98 Å². The topological polar surface area (TPSA) is 12.9 Å². The Morgan fingerprint density at radius 2 is 2.07 bits per heavy atom. The highest BCUT2D eigenvalue weighted by molar-refractivity contribution is 6.29. The lowest BCUT2D eigenvalue weighted by molar-refractivity contribution is 0.227. The minimum Gasteiger partial charge on any atom is -0.240 e. The number of fused-ring (bicyclic) bond motifs is 5. The first-order valence-corrected chi connectivity index (χ1v) is 6.01. The maximum absolute atomic E-state index is 6.00. The second kappa shape index (κ2) is 2.57. The molecule has 2 aliphatic rings. The van der Waals surface area contributed by atoms with Gasteiger partial charge in [0, 0.05) is 5.41 Å². The predicted molar refractivity (Wildman–Crippen MR) is 62.4 cm³/mol. The van der Waals surface area contributed by atoms with Crippen molar-refractivity contribution >= 4 is 11.6 Å². The molecule has 1 saturated carbocycles. The van der Waals surface area contributed by atoms with Gasteiger partial charge in [0.15, 0.2) is 0 Å². The molecule has 2 bridgehead atoms. The molecule has 15 heavy (non-hydrogen) atoms. The van der Waals surface area contributed by atoms with Crippen molar-refractivity contribution in [1.82, 2.24) is 4.98 Å². The molecule has 2 unspecified atom stereocenters. The molecule has 0 amide bonds. The Bertz CT molecular complexity index is 438. The van der Waals surface area contributed by atoms with Crippen molar-refractivity contribution < 1.29 is 0 Å². The van der Waals surface area contributed by atoms with Gasteiger partial charge in [0.05, 0.1) is 5.69 Å². The van der Waals surface area contributed by atoms with Crippen LogP contribution in [0.1, 0.15) is 50.8 Å². The van der Waals surface area contributed by atoms with Crippen LogP contribution in [0.25, 0.3) is 0 Å². The van der Waals surface area contributed by atoms with Crippen molar-refractivity contribution in [3.63, 3.8) is 0 Å². The van der Waals surface area contributed by atoms with E-state index in [1.165, 1.54) is 24.1 Å². The Kier molecular flexibility index (Phi) is 1.65. The van der Waals surface area contributed by atoms with Crippen molar-refractivity contribution in [3.05, 3.63) is 28.5 Å². The molecule has 0 radical (unpaired) electrons. The molecule has 1 aromatic rings. The van der Waals surface area contributed by atoms with E-state index >= 15 is 0 Å². The largest absolute Gasteiger partial charge is 0.240 e.